The van der Waals surface area contributed by atoms with Gasteiger partial charge < -0.3 is 10.4 Å². The Bertz CT molecular complexity index is 733. The van der Waals surface area contributed by atoms with Crippen LogP contribution in [0.4, 0.5) is 5.69 Å². The Balaban J connectivity index is 1.86. The van der Waals surface area contributed by atoms with E-state index in [-0.39, 0.29) is 16.9 Å². The molecule has 25 heavy (non-hydrogen) atoms. The van der Waals surface area contributed by atoms with Gasteiger partial charge in [0.25, 0.3) is 5.91 Å². The van der Waals surface area contributed by atoms with Crippen molar-refractivity contribution >= 4 is 29.2 Å². The maximum atomic E-state index is 12.8. The predicted octanol–water partition coefficient (Wildman–Crippen LogP) is 5.35. The van der Waals surface area contributed by atoms with Crippen LogP contribution in [0.3, 0.4) is 0 Å². The lowest BCUT2D eigenvalue weighted by atomic mass is 9.67. The number of carbonyl (C=O) groups is 2. The van der Waals surface area contributed by atoms with Crippen molar-refractivity contribution in [2.24, 2.45) is 5.41 Å². The number of hydrogen-bond acceptors (Lipinski definition) is 2. The lowest BCUT2D eigenvalue weighted by Crippen LogP contribution is -2.28. The minimum atomic E-state index is -1.10. The number of carboxylic acids is 1. The molecule has 1 amide bonds. The standard InChI is InChI=1S/C20H24ClNO3/c1-13-10-15(21)11-16(19(24)25)17(13)22-18(23)14-6-5-9-20(12-14)7-3-2-4-8-20/h10-12H,2-9H2,1H3,(H,22,23)(H,24,25). The maximum Gasteiger partial charge on any atom is 0.337 e. The van der Waals surface area contributed by atoms with Gasteiger partial charge in [-0.1, -0.05) is 36.9 Å². The quantitative estimate of drug-likeness (QED) is 0.762. The molecule has 4 nitrogen and oxygen atoms in total. The molecule has 2 aliphatic rings. The van der Waals surface area contributed by atoms with Crippen molar-refractivity contribution in [3.63, 3.8) is 0 Å². The van der Waals surface area contributed by atoms with Gasteiger partial charge in [0.05, 0.1) is 11.3 Å². The van der Waals surface area contributed by atoms with Crippen molar-refractivity contribution in [1.82, 2.24) is 0 Å². The van der Waals surface area contributed by atoms with Crippen molar-refractivity contribution in [3.05, 3.63) is 39.9 Å². The number of carboxylic acid groups (broad SMARTS) is 1. The van der Waals surface area contributed by atoms with Crippen LogP contribution in [0.2, 0.25) is 5.02 Å². The monoisotopic (exact) mass is 361 g/mol. The molecule has 0 atom stereocenters. The molecule has 1 fully saturated rings. The highest BCUT2D eigenvalue weighted by molar-refractivity contribution is 6.31. The molecule has 0 aromatic heterocycles. The van der Waals surface area contributed by atoms with Crippen LogP contribution in [0.1, 0.15) is 67.3 Å². The molecule has 0 aliphatic heterocycles. The molecule has 1 spiro atoms. The van der Waals surface area contributed by atoms with Crippen molar-refractivity contribution in [3.8, 4) is 0 Å². The zero-order valence-corrected chi connectivity index (χ0v) is 15.3. The molecule has 0 bridgehead atoms. The number of hydrogen-bond donors (Lipinski definition) is 2. The number of aromatic carboxylic acids is 1. The zero-order valence-electron chi connectivity index (χ0n) is 14.5. The zero-order chi connectivity index (χ0) is 18.0. The van der Waals surface area contributed by atoms with E-state index in [4.69, 9.17) is 11.6 Å². The third-order valence-corrected chi connectivity index (χ3v) is 5.73. The fourth-order valence-corrected chi connectivity index (χ4v) is 4.52. The molecule has 0 unspecified atom stereocenters. The van der Waals surface area contributed by atoms with Crippen LogP contribution in [0.25, 0.3) is 0 Å². The first kappa shape index (κ1) is 18.0. The van der Waals surface area contributed by atoms with E-state index in [1.165, 1.54) is 25.3 Å². The molecule has 0 heterocycles. The Labute approximate surface area is 153 Å². The molecule has 1 saturated carbocycles. The van der Waals surface area contributed by atoms with Crippen LogP contribution >= 0.6 is 11.6 Å². The molecule has 2 N–H and O–H groups in total. The predicted molar refractivity (Wildman–Crippen MR) is 99.2 cm³/mol. The van der Waals surface area contributed by atoms with Crippen molar-refractivity contribution < 1.29 is 14.7 Å². The van der Waals surface area contributed by atoms with Gasteiger partial charge in [0.15, 0.2) is 0 Å². The second-order valence-electron chi connectivity index (χ2n) is 7.35. The largest absolute Gasteiger partial charge is 0.478 e. The number of halogens is 1. The van der Waals surface area contributed by atoms with E-state index in [0.29, 0.717) is 16.3 Å². The highest BCUT2D eigenvalue weighted by Gasteiger charge is 2.33. The van der Waals surface area contributed by atoms with E-state index in [1.807, 2.05) is 0 Å². The lowest BCUT2D eigenvalue weighted by molar-refractivity contribution is -0.113. The van der Waals surface area contributed by atoms with E-state index in [9.17, 15) is 14.7 Å². The Morgan fingerprint density at radius 2 is 1.80 bits per heavy atom. The molecule has 134 valence electrons. The van der Waals surface area contributed by atoms with E-state index in [1.54, 1.807) is 13.0 Å². The number of nitrogens with one attached hydrogen (secondary N) is 1. The number of anilines is 1. The van der Waals surface area contributed by atoms with Crippen LogP contribution < -0.4 is 5.32 Å². The third-order valence-electron chi connectivity index (χ3n) is 5.51. The molecule has 1 aromatic carbocycles. The average molecular weight is 362 g/mol. The highest BCUT2D eigenvalue weighted by Crippen LogP contribution is 2.45. The molecular weight excluding hydrogens is 338 g/mol. The second kappa shape index (κ2) is 7.20. The summed E-state index contributed by atoms with van der Waals surface area (Å²) in [5, 5.41) is 12.6. The minimum Gasteiger partial charge on any atom is -0.478 e. The van der Waals surface area contributed by atoms with Crippen LogP contribution in [-0.4, -0.2) is 17.0 Å². The first-order chi connectivity index (χ1) is 11.9. The first-order valence-corrected chi connectivity index (χ1v) is 9.35. The summed E-state index contributed by atoms with van der Waals surface area (Å²) in [6.07, 6.45) is 11.2. The molecule has 2 aliphatic carbocycles. The van der Waals surface area contributed by atoms with Crippen LogP contribution in [0.15, 0.2) is 23.8 Å². The smallest absolute Gasteiger partial charge is 0.337 e. The number of benzene rings is 1. The molecule has 0 saturated heterocycles. The Morgan fingerprint density at radius 3 is 2.48 bits per heavy atom. The SMILES string of the molecule is Cc1cc(Cl)cc(C(=O)O)c1NC(=O)C1=CC2(CCCCC2)CCC1. The van der Waals surface area contributed by atoms with Gasteiger partial charge in [0.1, 0.15) is 0 Å². The van der Waals surface area contributed by atoms with Gasteiger partial charge in [0.2, 0.25) is 0 Å². The van der Waals surface area contributed by atoms with Crippen molar-refractivity contribution in [1.29, 1.82) is 0 Å². The summed E-state index contributed by atoms with van der Waals surface area (Å²) in [5.74, 6) is -1.28. The Kier molecular flexibility index (Phi) is 5.19. The Morgan fingerprint density at radius 1 is 1.12 bits per heavy atom. The van der Waals surface area contributed by atoms with Crippen LogP contribution in [0, 0.1) is 12.3 Å². The fraction of sp³-hybridized carbons (Fsp3) is 0.500. The van der Waals surface area contributed by atoms with E-state index in [2.05, 4.69) is 11.4 Å². The lowest BCUT2D eigenvalue weighted by Gasteiger charge is -2.38. The van der Waals surface area contributed by atoms with Crippen LogP contribution in [0.5, 0.6) is 0 Å². The molecule has 0 radical (unpaired) electrons. The number of aryl methyl sites for hydroxylation is 1. The first-order valence-electron chi connectivity index (χ1n) is 8.97. The molecule has 1 aromatic rings. The highest BCUT2D eigenvalue weighted by atomic mass is 35.5. The third kappa shape index (κ3) is 3.90. The maximum absolute atomic E-state index is 12.8. The van der Waals surface area contributed by atoms with E-state index >= 15 is 0 Å². The summed E-state index contributed by atoms with van der Waals surface area (Å²) in [7, 11) is 0. The molecular formula is C20H24ClNO3. The van der Waals surface area contributed by atoms with Crippen LogP contribution in [-0.2, 0) is 4.79 Å². The summed E-state index contributed by atoms with van der Waals surface area (Å²) in [6, 6.07) is 3.05. The van der Waals surface area contributed by atoms with Crippen molar-refractivity contribution in [2.45, 2.75) is 58.3 Å². The number of rotatable bonds is 3. The summed E-state index contributed by atoms with van der Waals surface area (Å²) >= 11 is 5.96. The second-order valence-corrected chi connectivity index (χ2v) is 7.79. The summed E-state index contributed by atoms with van der Waals surface area (Å²) in [6.45, 7) is 1.76. The van der Waals surface area contributed by atoms with Gasteiger partial charge in [-0.2, -0.15) is 0 Å². The van der Waals surface area contributed by atoms with Gasteiger partial charge in [-0.05, 0) is 62.1 Å². The fourth-order valence-electron chi connectivity index (χ4n) is 4.25. The topological polar surface area (TPSA) is 66.4 Å². The van der Waals surface area contributed by atoms with E-state index in [0.717, 1.165) is 37.7 Å². The summed E-state index contributed by atoms with van der Waals surface area (Å²) in [5.41, 5.74) is 1.99. The number of carbonyl (C=O) groups excluding carboxylic acids is 1. The van der Waals surface area contributed by atoms with Gasteiger partial charge in [-0.15, -0.1) is 0 Å². The number of amides is 1. The normalized spacial score (nSPS) is 19.4. The van der Waals surface area contributed by atoms with Gasteiger partial charge in [-0.3, -0.25) is 4.79 Å². The minimum absolute atomic E-state index is 0.0298. The Hall–Kier alpha value is -1.81. The summed E-state index contributed by atoms with van der Waals surface area (Å²) < 4.78 is 0. The molecule has 5 heteroatoms. The van der Waals surface area contributed by atoms with Gasteiger partial charge in [-0.25, -0.2) is 4.79 Å². The molecule has 3 rings (SSSR count). The number of allylic oxidation sites excluding steroid dienone is 1. The van der Waals surface area contributed by atoms with Crippen molar-refractivity contribution in [2.75, 3.05) is 5.32 Å². The summed E-state index contributed by atoms with van der Waals surface area (Å²) in [4.78, 5) is 24.3. The van der Waals surface area contributed by atoms with Gasteiger partial charge >= 0.3 is 5.97 Å². The van der Waals surface area contributed by atoms with E-state index < -0.39 is 5.97 Å². The average Bonchev–Trinajstić information content (AvgIpc) is 2.57. The van der Waals surface area contributed by atoms with Gasteiger partial charge in [0, 0.05) is 10.6 Å².